The summed E-state index contributed by atoms with van der Waals surface area (Å²) in [4.78, 5) is 20.1. The third-order valence-corrected chi connectivity index (χ3v) is 4.66. The molecule has 0 bridgehead atoms. The lowest BCUT2D eigenvalue weighted by Gasteiger charge is -2.31. The zero-order valence-corrected chi connectivity index (χ0v) is 12.9. The van der Waals surface area contributed by atoms with Gasteiger partial charge in [0.25, 0.3) is 0 Å². The Labute approximate surface area is 133 Å². The van der Waals surface area contributed by atoms with Gasteiger partial charge in [-0.05, 0) is 31.4 Å². The molecule has 126 valence electrons. The summed E-state index contributed by atoms with van der Waals surface area (Å²) in [6, 6.07) is 2.47. The van der Waals surface area contributed by atoms with Gasteiger partial charge in [0.1, 0.15) is 5.82 Å². The predicted molar refractivity (Wildman–Crippen MR) is 80.0 cm³/mol. The molecule has 3 rings (SSSR count). The van der Waals surface area contributed by atoms with E-state index in [9.17, 15) is 18.0 Å². The Hall–Kier alpha value is -1.79. The van der Waals surface area contributed by atoms with Gasteiger partial charge >= 0.3 is 6.18 Å². The molecule has 23 heavy (non-hydrogen) atoms. The Kier molecular flexibility index (Phi) is 4.46. The summed E-state index contributed by atoms with van der Waals surface area (Å²) in [7, 11) is 0. The van der Waals surface area contributed by atoms with Crippen LogP contribution in [-0.4, -0.2) is 42.0 Å². The van der Waals surface area contributed by atoms with Gasteiger partial charge in [0.05, 0.1) is 5.56 Å². The van der Waals surface area contributed by atoms with Crippen molar-refractivity contribution in [1.82, 2.24) is 9.88 Å². The first-order valence-electron chi connectivity index (χ1n) is 8.02. The molecule has 0 radical (unpaired) electrons. The summed E-state index contributed by atoms with van der Waals surface area (Å²) < 4.78 is 37.8. The fourth-order valence-corrected chi connectivity index (χ4v) is 3.02. The van der Waals surface area contributed by atoms with Crippen molar-refractivity contribution in [3.05, 3.63) is 23.9 Å². The molecule has 2 heterocycles. The Bertz CT molecular complexity index is 555. The van der Waals surface area contributed by atoms with Gasteiger partial charge in [-0.2, -0.15) is 13.2 Å². The first-order valence-corrected chi connectivity index (χ1v) is 8.02. The maximum absolute atomic E-state index is 12.6. The first-order chi connectivity index (χ1) is 10.9. The fraction of sp³-hybridized carbons (Fsp3) is 0.625. The lowest BCUT2D eigenvalue weighted by Crippen LogP contribution is -2.41. The number of pyridine rings is 1. The lowest BCUT2D eigenvalue weighted by molar-refractivity contribution is -0.138. The van der Waals surface area contributed by atoms with Gasteiger partial charge in [-0.25, -0.2) is 4.98 Å². The number of hydrogen-bond acceptors (Lipinski definition) is 3. The SMILES string of the molecule is O=C(C1CCC1)N1CCCN(c2ccc(C(F)(F)F)cn2)CC1. The molecule has 0 aromatic carbocycles. The normalized spacial score (nSPS) is 20.1. The van der Waals surface area contributed by atoms with Gasteiger partial charge in [0.15, 0.2) is 0 Å². The van der Waals surface area contributed by atoms with Crippen molar-refractivity contribution in [2.24, 2.45) is 5.92 Å². The standard InChI is InChI=1S/C16H20F3N3O/c17-16(18,19)13-5-6-14(20-11-13)21-7-2-8-22(10-9-21)15(23)12-3-1-4-12/h5-6,11-12H,1-4,7-10H2. The third-order valence-electron chi connectivity index (χ3n) is 4.66. The lowest BCUT2D eigenvalue weighted by atomic mass is 9.84. The van der Waals surface area contributed by atoms with Gasteiger partial charge in [0.2, 0.25) is 5.91 Å². The van der Waals surface area contributed by atoms with Gasteiger partial charge < -0.3 is 9.80 Å². The second kappa shape index (κ2) is 6.37. The predicted octanol–water partition coefficient (Wildman–Crippen LogP) is 2.94. The molecule has 2 fully saturated rings. The van der Waals surface area contributed by atoms with E-state index in [1.54, 1.807) is 0 Å². The van der Waals surface area contributed by atoms with E-state index >= 15 is 0 Å². The molecule has 1 saturated carbocycles. The van der Waals surface area contributed by atoms with Crippen LogP contribution < -0.4 is 4.90 Å². The van der Waals surface area contributed by atoms with E-state index in [1.165, 1.54) is 6.07 Å². The van der Waals surface area contributed by atoms with Crippen LogP contribution in [0.15, 0.2) is 18.3 Å². The van der Waals surface area contributed by atoms with Crippen LogP contribution in [0.25, 0.3) is 0 Å². The number of nitrogens with zero attached hydrogens (tertiary/aromatic N) is 3. The van der Waals surface area contributed by atoms with E-state index < -0.39 is 11.7 Å². The van der Waals surface area contributed by atoms with E-state index in [0.29, 0.717) is 32.0 Å². The summed E-state index contributed by atoms with van der Waals surface area (Å²) in [6.07, 6.45) is 0.417. The zero-order valence-electron chi connectivity index (χ0n) is 12.9. The Morgan fingerprint density at radius 2 is 1.87 bits per heavy atom. The number of rotatable bonds is 2. The highest BCUT2D eigenvalue weighted by molar-refractivity contribution is 5.79. The van der Waals surface area contributed by atoms with Crippen LogP contribution in [0, 0.1) is 5.92 Å². The van der Waals surface area contributed by atoms with E-state index in [1.807, 2.05) is 9.80 Å². The molecule has 1 aliphatic heterocycles. The maximum Gasteiger partial charge on any atom is 0.417 e. The smallest absolute Gasteiger partial charge is 0.355 e. The van der Waals surface area contributed by atoms with E-state index in [4.69, 9.17) is 0 Å². The van der Waals surface area contributed by atoms with Crippen molar-refractivity contribution in [1.29, 1.82) is 0 Å². The summed E-state index contributed by atoms with van der Waals surface area (Å²) in [5.41, 5.74) is -0.738. The molecule has 0 atom stereocenters. The molecule has 1 amide bonds. The minimum absolute atomic E-state index is 0.186. The number of alkyl halides is 3. The fourth-order valence-electron chi connectivity index (χ4n) is 3.02. The second-order valence-electron chi connectivity index (χ2n) is 6.20. The van der Waals surface area contributed by atoms with Crippen LogP contribution in [0.5, 0.6) is 0 Å². The zero-order chi connectivity index (χ0) is 16.4. The number of hydrogen-bond donors (Lipinski definition) is 0. The molecule has 0 unspecified atom stereocenters. The van der Waals surface area contributed by atoms with Crippen molar-refractivity contribution in [2.75, 3.05) is 31.1 Å². The topological polar surface area (TPSA) is 36.4 Å². The van der Waals surface area contributed by atoms with E-state index in [-0.39, 0.29) is 11.8 Å². The van der Waals surface area contributed by atoms with Crippen molar-refractivity contribution in [2.45, 2.75) is 31.9 Å². The van der Waals surface area contributed by atoms with Gasteiger partial charge in [-0.15, -0.1) is 0 Å². The number of carbonyl (C=O) groups excluding carboxylic acids is 1. The average Bonchev–Trinajstić information content (AvgIpc) is 2.70. The van der Waals surface area contributed by atoms with Crippen molar-refractivity contribution in [3.63, 3.8) is 0 Å². The third kappa shape index (κ3) is 3.59. The molecule has 1 aliphatic carbocycles. The molecule has 1 aromatic rings. The number of anilines is 1. The largest absolute Gasteiger partial charge is 0.417 e. The van der Waals surface area contributed by atoms with Crippen molar-refractivity contribution >= 4 is 11.7 Å². The van der Waals surface area contributed by atoms with Crippen molar-refractivity contribution < 1.29 is 18.0 Å². The Balaban J connectivity index is 1.62. The summed E-state index contributed by atoms with van der Waals surface area (Å²) in [5, 5.41) is 0. The number of carbonyl (C=O) groups is 1. The molecule has 4 nitrogen and oxygen atoms in total. The highest BCUT2D eigenvalue weighted by Gasteiger charge is 2.32. The average molecular weight is 327 g/mol. The molecule has 7 heteroatoms. The monoisotopic (exact) mass is 327 g/mol. The molecule has 1 aromatic heterocycles. The maximum atomic E-state index is 12.6. The summed E-state index contributed by atoms with van der Waals surface area (Å²) >= 11 is 0. The summed E-state index contributed by atoms with van der Waals surface area (Å²) in [6.45, 7) is 2.63. The van der Waals surface area contributed by atoms with Crippen LogP contribution in [0.2, 0.25) is 0 Å². The molecule has 0 N–H and O–H groups in total. The number of halogens is 3. The van der Waals surface area contributed by atoms with Crippen LogP contribution in [0.4, 0.5) is 19.0 Å². The Morgan fingerprint density at radius 1 is 1.09 bits per heavy atom. The van der Waals surface area contributed by atoms with Crippen molar-refractivity contribution in [3.8, 4) is 0 Å². The highest BCUT2D eigenvalue weighted by atomic mass is 19.4. The van der Waals surface area contributed by atoms with E-state index in [0.717, 1.165) is 37.9 Å². The first kappa shape index (κ1) is 16.1. The van der Waals surface area contributed by atoms with Crippen LogP contribution >= 0.6 is 0 Å². The number of amides is 1. The molecule has 0 spiro atoms. The number of aromatic nitrogens is 1. The van der Waals surface area contributed by atoms with Crippen LogP contribution in [0.3, 0.4) is 0 Å². The van der Waals surface area contributed by atoms with Gasteiger partial charge in [0, 0.05) is 38.3 Å². The molecular weight excluding hydrogens is 307 g/mol. The highest BCUT2D eigenvalue weighted by Crippen LogP contribution is 2.30. The molecular formula is C16H20F3N3O. The van der Waals surface area contributed by atoms with Crippen LogP contribution in [-0.2, 0) is 11.0 Å². The summed E-state index contributed by atoms with van der Waals surface area (Å²) in [5.74, 6) is 0.958. The molecule has 1 saturated heterocycles. The van der Waals surface area contributed by atoms with E-state index in [2.05, 4.69) is 4.98 Å². The minimum Gasteiger partial charge on any atom is -0.355 e. The minimum atomic E-state index is -4.36. The quantitative estimate of drug-likeness (QED) is 0.838. The van der Waals surface area contributed by atoms with Gasteiger partial charge in [-0.1, -0.05) is 6.42 Å². The Morgan fingerprint density at radius 3 is 2.43 bits per heavy atom. The molecule has 2 aliphatic rings. The van der Waals surface area contributed by atoms with Crippen LogP contribution in [0.1, 0.15) is 31.2 Å². The van der Waals surface area contributed by atoms with Gasteiger partial charge in [-0.3, -0.25) is 4.79 Å². The second-order valence-corrected chi connectivity index (χ2v) is 6.20.